The second-order valence-corrected chi connectivity index (χ2v) is 6.23. The molecule has 0 aliphatic carbocycles. The van der Waals surface area contributed by atoms with Gasteiger partial charge in [-0.15, -0.1) is 0 Å². The summed E-state index contributed by atoms with van der Waals surface area (Å²) >= 11 is 0. The highest BCUT2D eigenvalue weighted by atomic mass is 32.2. The summed E-state index contributed by atoms with van der Waals surface area (Å²) in [5.41, 5.74) is 5.77. The Labute approximate surface area is 132 Å². The van der Waals surface area contributed by atoms with Gasteiger partial charge in [0.25, 0.3) is 5.91 Å². The number of benzene rings is 2. The molecule has 23 heavy (non-hydrogen) atoms. The zero-order chi connectivity index (χ0) is 17.0. The Bertz CT molecular complexity index is 817. The second kappa shape index (κ2) is 6.59. The summed E-state index contributed by atoms with van der Waals surface area (Å²) in [6.07, 6.45) is -1.23. The van der Waals surface area contributed by atoms with Gasteiger partial charge in [-0.3, -0.25) is 4.79 Å². The average molecular weight is 334 g/mol. The van der Waals surface area contributed by atoms with Crippen LogP contribution in [-0.2, 0) is 19.6 Å². The predicted molar refractivity (Wildman–Crippen MR) is 81.6 cm³/mol. The lowest BCUT2D eigenvalue weighted by Crippen LogP contribution is -2.26. The first kappa shape index (κ1) is 16.7. The molecule has 0 saturated carbocycles. The van der Waals surface area contributed by atoms with Crippen LogP contribution in [0.1, 0.15) is 22.0 Å². The summed E-state index contributed by atoms with van der Waals surface area (Å²) in [5.74, 6) is -1.62. The number of hydrogen-bond donors (Lipinski definition) is 2. The molecule has 0 unspecified atom stereocenters. The molecule has 2 rings (SSSR count). The molecule has 4 N–H and O–H groups in total. The van der Waals surface area contributed by atoms with Crippen LogP contribution in [-0.4, -0.2) is 20.3 Å². The van der Waals surface area contributed by atoms with E-state index < -0.39 is 28.0 Å². The molecule has 0 radical (unpaired) electrons. The van der Waals surface area contributed by atoms with E-state index in [9.17, 15) is 18.0 Å². The molecule has 0 aliphatic rings. The van der Waals surface area contributed by atoms with Gasteiger partial charge in [0, 0.05) is 5.56 Å². The molecule has 1 amide bonds. The van der Waals surface area contributed by atoms with E-state index in [4.69, 9.17) is 15.6 Å². The zero-order valence-corrected chi connectivity index (χ0v) is 12.7. The summed E-state index contributed by atoms with van der Waals surface area (Å²) < 4.78 is 27.4. The standard InChI is InChI=1S/C15H14N2O5S/c16-14(18)13(10-4-2-1-3-5-10)22-15(19)11-6-8-12(9-7-11)23(17,20)21/h1-9,13H,(H2,16,18)(H2,17,20,21)/t13-/m0/s1. The highest BCUT2D eigenvalue weighted by Crippen LogP contribution is 2.19. The fourth-order valence-electron chi connectivity index (χ4n) is 1.87. The minimum Gasteiger partial charge on any atom is -0.444 e. The van der Waals surface area contributed by atoms with Crippen molar-refractivity contribution in [1.82, 2.24) is 0 Å². The second-order valence-electron chi connectivity index (χ2n) is 4.67. The largest absolute Gasteiger partial charge is 0.444 e. The Morgan fingerprint density at radius 2 is 1.52 bits per heavy atom. The molecule has 2 aromatic carbocycles. The van der Waals surface area contributed by atoms with Gasteiger partial charge < -0.3 is 10.5 Å². The molecule has 0 spiro atoms. The monoisotopic (exact) mass is 334 g/mol. The number of carbonyl (C=O) groups is 2. The number of sulfonamides is 1. The van der Waals surface area contributed by atoms with Crippen molar-refractivity contribution in [2.45, 2.75) is 11.0 Å². The molecule has 0 fully saturated rings. The number of esters is 1. The first-order chi connectivity index (χ1) is 10.8. The van der Waals surface area contributed by atoms with Crippen molar-refractivity contribution >= 4 is 21.9 Å². The number of nitrogens with two attached hydrogens (primary N) is 2. The van der Waals surface area contributed by atoms with E-state index in [1.54, 1.807) is 30.3 Å². The number of primary amides is 1. The van der Waals surface area contributed by atoms with E-state index >= 15 is 0 Å². The highest BCUT2D eigenvalue weighted by molar-refractivity contribution is 7.89. The van der Waals surface area contributed by atoms with Crippen LogP contribution in [0.2, 0.25) is 0 Å². The molecular formula is C15H14N2O5S. The molecule has 0 aromatic heterocycles. The van der Waals surface area contributed by atoms with Crippen molar-refractivity contribution in [3.05, 3.63) is 65.7 Å². The van der Waals surface area contributed by atoms with Crippen molar-refractivity contribution in [2.24, 2.45) is 10.9 Å². The van der Waals surface area contributed by atoms with Crippen molar-refractivity contribution < 1.29 is 22.7 Å². The van der Waals surface area contributed by atoms with Gasteiger partial charge in [-0.25, -0.2) is 18.4 Å². The Hall–Kier alpha value is -2.71. The summed E-state index contributed by atoms with van der Waals surface area (Å²) in [4.78, 5) is 23.4. The van der Waals surface area contributed by atoms with Gasteiger partial charge in [-0.05, 0) is 24.3 Å². The maximum atomic E-state index is 12.1. The highest BCUT2D eigenvalue weighted by Gasteiger charge is 2.23. The number of primary sulfonamides is 1. The molecule has 7 nitrogen and oxygen atoms in total. The number of ether oxygens (including phenoxy) is 1. The van der Waals surface area contributed by atoms with E-state index in [2.05, 4.69) is 0 Å². The van der Waals surface area contributed by atoms with Crippen LogP contribution in [0.3, 0.4) is 0 Å². The van der Waals surface area contributed by atoms with Crippen molar-refractivity contribution in [3.8, 4) is 0 Å². The summed E-state index contributed by atoms with van der Waals surface area (Å²) in [6, 6.07) is 13.1. The normalized spacial score (nSPS) is 12.4. The Morgan fingerprint density at radius 1 is 0.957 bits per heavy atom. The topological polar surface area (TPSA) is 130 Å². The lowest BCUT2D eigenvalue weighted by molar-refractivity contribution is -0.127. The third-order valence-electron chi connectivity index (χ3n) is 3.00. The van der Waals surface area contributed by atoms with Crippen LogP contribution in [0, 0.1) is 0 Å². The summed E-state index contributed by atoms with van der Waals surface area (Å²) in [7, 11) is -3.85. The van der Waals surface area contributed by atoms with Gasteiger partial charge in [0.1, 0.15) is 0 Å². The number of carbonyl (C=O) groups excluding carboxylic acids is 2. The minimum atomic E-state index is -3.85. The summed E-state index contributed by atoms with van der Waals surface area (Å²) in [6.45, 7) is 0. The molecule has 1 atom stereocenters. The Balaban J connectivity index is 2.21. The SMILES string of the molecule is NC(=O)[C@@H](OC(=O)c1ccc(S(N)(=O)=O)cc1)c1ccccc1. The molecular weight excluding hydrogens is 320 g/mol. The summed E-state index contributed by atoms with van der Waals surface area (Å²) in [5, 5.41) is 4.97. The van der Waals surface area contributed by atoms with E-state index in [0.29, 0.717) is 5.56 Å². The van der Waals surface area contributed by atoms with Crippen LogP contribution in [0.5, 0.6) is 0 Å². The smallest absolute Gasteiger partial charge is 0.339 e. The van der Waals surface area contributed by atoms with Gasteiger partial charge in [-0.1, -0.05) is 30.3 Å². The third-order valence-corrected chi connectivity index (χ3v) is 3.93. The van der Waals surface area contributed by atoms with Crippen molar-refractivity contribution in [1.29, 1.82) is 0 Å². The molecule has 120 valence electrons. The fraction of sp³-hybridized carbons (Fsp3) is 0.0667. The number of amides is 1. The molecule has 8 heteroatoms. The van der Waals surface area contributed by atoms with Gasteiger partial charge >= 0.3 is 5.97 Å². The van der Waals surface area contributed by atoms with Crippen molar-refractivity contribution in [2.75, 3.05) is 0 Å². The number of hydrogen-bond acceptors (Lipinski definition) is 5. The Kier molecular flexibility index (Phi) is 4.77. The Morgan fingerprint density at radius 3 is 2.00 bits per heavy atom. The van der Waals surface area contributed by atoms with Gasteiger partial charge in [0.15, 0.2) is 0 Å². The van der Waals surface area contributed by atoms with Crippen LogP contribution < -0.4 is 10.9 Å². The van der Waals surface area contributed by atoms with E-state index in [1.807, 2.05) is 0 Å². The maximum absolute atomic E-state index is 12.1. The third kappa shape index (κ3) is 4.15. The number of rotatable bonds is 5. The first-order valence-corrected chi connectivity index (χ1v) is 8.02. The lowest BCUT2D eigenvalue weighted by Gasteiger charge is -2.15. The first-order valence-electron chi connectivity index (χ1n) is 6.47. The quantitative estimate of drug-likeness (QED) is 0.778. The van der Waals surface area contributed by atoms with E-state index in [0.717, 1.165) is 0 Å². The van der Waals surface area contributed by atoms with Crippen molar-refractivity contribution in [3.63, 3.8) is 0 Å². The minimum absolute atomic E-state index is 0.0691. The molecule has 0 aliphatic heterocycles. The lowest BCUT2D eigenvalue weighted by atomic mass is 10.1. The molecule has 0 saturated heterocycles. The van der Waals surface area contributed by atoms with Crippen LogP contribution in [0.25, 0.3) is 0 Å². The predicted octanol–water partition coefficient (Wildman–Crippen LogP) is 0.717. The van der Waals surface area contributed by atoms with Gasteiger partial charge in [0.2, 0.25) is 16.1 Å². The average Bonchev–Trinajstić information content (AvgIpc) is 2.52. The fourth-order valence-corrected chi connectivity index (χ4v) is 2.39. The molecule has 2 aromatic rings. The van der Waals surface area contributed by atoms with Crippen LogP contribution >= 0.6 is 0 Å². The van der Waals surface area contributed by atoms with E-state index in [-0.39, 0.29) is 10.5 Å². The van der Waals surface area contributed by atoms with Crippen LogP contribution in [0.15, 0.2) is 59.5 Å². The zero-order valence-electron chi connectivity index (χ0n) is 11.9. The molecule has 0 bridgehead atoms. The van der Waals surface area contributed by atoms with Gasteiger partial charge in [0.05, 0.1) is 10.5 Å². The maximum Gasteiger partial charge on any atom is 0.339 e. The van der Waals surface area contributed by atoms with Crippen LogP contribution in [0.4, 0.5) is 0 Å². The molecule has 0 heterocycles. The van der Waals surface area contributed by atoms with E-state index in [1.165, 1.54) is 24.3 Å². The van der Waals surface area contributed by atoms with Gasteiger partial charge in [-0.2, -0.15) is 0 Å².